The van der Waals surface area contributed by atoms with E-state index >= 15 is 0 Å². The number of nitrogens with one attached hydrogen (secondary N) is 4. The van der Waals surface area contributed by atoms with E-state index in [9.17, 15) is 4.79 Å². The van der Waals surface area contributed by atoms with Gasteiger partial charge in [-0.3, -0.25) is 14.9 Å². The van der Waals surface area contributed by atoms with E-state index in [1.165, 1.54) is 9.75 Å². The molecule has 0 unspecified atom stereocenters. The van der Waals surface area contributed by atoms with Gasteiger partial charge in [-0.05, 0) is 86.8 Å². The topological polar surface area (TPSA) is 111 Å². The summed E-state index contributed by atoms with van der Waals surface area (Å²) in [5.74, 6) is 0.479. The molecule has 9 heteroatoms. The average molecular weight is 548 g/mol. The smallest absolute Gasteiger partial charge is 0.224 e. The predicted molar refractivity (Wildman–Crippen MR) is 161 cm³/mol. The van der Waals surface area contributed by atoms with E-state index in [0.717, 1.165) is 75.9 Å². The van der Waals surface area contributed by atoms with Crippen molar-refractivity contribution in [3.8, 4) is 33.0 Å². The molecule has 0 radical (unpaired) electrons. The number of nitrogens with zero attached hydrogens (tertiary/aromatic N) is 3. The monoisotopic (exact) mass is 547 g/mol. The maximum absolute atomic E-state index is 12.7. The summed E-state index contributed by atoms with van der Waals surface area (Å²) in [4.78, 5) is 27.7. The summed E-state index contributed by atoms with van der Waals surface area (Å²) < 4.78 is 0. The van der Waals surface area contributed by atoms with Crippen molar-refractivity contribution in [2.24, 2.45) is 5.92 Å². The molecule has 1 aliphatic rings. The van der Waals surface area contributed by atoms with Crippen LogP contribution in [-0.2, 0) is 4.79 Å². The Morgan fingerprint density at radius 1 is 1.02 bits per heavy atom. The first kappa shape index (κ1) is 24.7. The number of anilines is 1. The number of aryl methyl sites for hydroxylation is 1. The van der Waals surface area contributed by atoms with Crippen LogP contribution in [0.4, 0.5) is 5.69 Å². The van der Waals surface area contributed by atoms with E-state index in [1.807, 2.05) is 30.6 Å². The highest BCUT2D eigenvalue weighted by atomic mass is 32.1. The van der Waals surface area contributed by atoms with Gasteiger partial charge in [-0.1, -0.05) is 6.07 Å². The zero-order valence-electron chi connectivity index (χ0n) is 22.1. The maximum atomic E-state index is 12.7. The van der Waals surface area contributed by atoms with Gasteiger partial charge in [-0.25, -0.2) is 4.98 Å². The number of amides is 1. The summed E-state index contributed by atoms with van der Waals surface area (Å²) in [7, 11) is 0. The maximum Gasteiger partial charge on any atom is 0.224 e. The van der Waals surface area contributed by atoms with Crippen molar-refractivity contribution in [3.63, 3.8) is 0 Å². The van der Waals surface area contributed by atoms with Crippen LogP contribution in [0, 0.1) is 12.8 Å². The Labute approximate surface area is 235 Å². The number of hydrogen-bond acceptors (Lipinski definition) is 6. The van der Waals surface area contributed by atoms with Crippen LogP contribution in [0.2, 0.25) is 0 Å². The lowest BCUT2D eigenvalue weighted by molar-refractivity contribution is -0.117. The molecule has 1 fully saturated rings. The Hall–Kier alpha value is -4.34. The number of fused-ring (bicyclic) bond motifs is 2. The third kappa shape index (κ3) is 4.78. The number of thiophene rings is 1. The lowest BCUT2D eigenvalue weighted by Gasteiger charge is -2.21. The average Bonchev–Trinajstić information content (AvgIpc) is 3.71. The summed E-state index contributed by atoms with van der Waals surface area (Å²) in [6.07, 6.45) is 8.00. The van der Waals surface area contributed by atoms with Crippen molar-refractivity contribution in [2.75, 3.05) is 18.4 Å². The minimum absolute atomic E-state index is 0.0444. The van der Waals surface area contributed by atoms with Crippen molar-refractivity contribution in [1.82, 2.24) is 30.5 Å². The number of benzene rings is 1. The fourth-order valence-corrected chi connectivity index (χ4v) is 6.48. The second-order valence-corrected chi connectivity index (χ2v) is 11.7. The van der Waals surface area contributed by atoms with Crippen LogP contribution < -0.4 is 10.6 Å². The first-order chi connectivity index (χ1) is 19.6. The molecule has 1 amide bonds. The zero-order valence-corrected chi connectivity index (χ0v) is 22.9. The molecule has 40 heavy (non-hydrogen) atoms. The fraction of sp³-hybridized carbons (Fsp3) is 0.226. The molecule has 8 nitrogen and oxygen atoms in total. The minimum atomic E-state index is 0.0444. The number of H-pyrrole nitrogens is 2. The molecule has 6 aromatic rings. The highest BCUT2D eigenvalue weighted by Crippen LogP contribution is 2.36. The molecule has 1 aliphatic heterocycles. The molecule has 0 aliphatic carbocycles. The normalized spacial score (nSPS) is 14.2. The van der Waals surface area contributed by atoms with E-state index in [2.05, 4.69) is 73.0 Å². The highest BCUT2D eigenvalue weighted by molar-refractivity contribution is 7.15. The number of pyridine rings is 2. The molecule has 5 aromatic heterocycles. The van der Waals surface area contributed by atoms with Gasteiger partial charge in [0.25, 0.3) is 0 Å². The Kier molecular flexibility index (Phi) is 6.37. The fourth-order valence-electron chi connectivity index (χ4n) is 5.57. The number of hydrogen-bond donors (Lipinski definition) is 4. The predicted octanol–water partition coefficient (Wildman–Crippen LogP) is 6.53. The minimum Gasteiger partial charge on any atom is -0.338 e. The van der Waals surface area contributed by atoms with Gasteiger partial charge < -0.3 is 15.6 Å². The molecule has 1 aromatic carbocycles. The summed E-state index contributed by atoms with van der Waals surface area (Å²) in [5, 5.41) is 16.3. The summed E-state index contributed by atoms with van der Waals surface area (Å²) in [6, 6.07) is 16.7. The van der Waals surface area contributed by atoms with Gasteiger partial charge in [0.15, 0.2) is 0 Å². The van der Waals surface area contributed by atoms with Crippen molar-refractivity contribution in [3.05, 3.63) is 72.0 Å². The van der Waals surface area contributed by atoms with Gasteiger partial charge in [-0.2, -0.15) is 5.10 Å². The van der Waals surface area contributed by atoms with E-state index in [-0.39, 0.29) is 5.91 Å². The van der Waals surface area contributed by atoms with Crippen molar-refractivity contribution in [2.45, 2.75) is 26.2 Å². The summed E-state index contributed by atoms with van der Waals surface area (Å²) >= 11 is 1.78. The number of rotatable bonds is 6. The Bertz CT molecular complexity index is 1840. The second-order valence-electron chi connectivity index (χ2n) is 10.5. The van der Waals surface area contributed by atoms with Crippen molar-refractivity contribution in [1.29, 1.82) is 0 Å². The first-order valence-electron chi connectivity index (χ1n) is 13.6. The third-order valence-corrected chi connectivity index (χ3v) is 8.68. The highest BCUT2D eigenvalue weighted by Gasteiger charge is 2.18. The van der Waals surface area contributed by atoms with Crippen LogP contribution in [0.5, 0.6) is 0 Å². The van der Waals surface area contributed by atoms with E-state index in [0.29, 0.717) is 18.0 Å². The largest absolute Gasteiger partial charge is 0.338 e. The number of aromatic amines is 2. The Balaban J connectivity index is 1.19. The van der Waals surface area contributed by atoms with Crippen LogP contribution in [0.15, 0.2) is 67.1 Å². The molecular formula is C31H29N7OS. The lowest BCUT2D eigenvalue weighted by Crippen LogP contribution is -2.30. The Morgan fingerprint density at radius 2 is 1.93 bits per heavy atom. The zero-order chi connectivity index (χ0) is 27.1. The molecule has 4 N–H and O–H groups in total. The number of carbonyl (C=O) groups is 1. The van der Waals surface area contributed by atoms with Gasteiger partial charge in [0, 0.05) is 50.5 Å². The molecule has 0 saturated carbocycles. The quantitative estimate of drug-likeness (QED) is 0.189. The summed E-state index contributed by atoms with van der Waals surface area (Å²) in [5.41, 5.74) is 7.33. The van der Waals surface area contributed by atoms with Crippen molar-refractivity contribution >= 4 is 44.9 Å². The van der Waals surface area contributed by atoms with E-state index in [1.54, 1.807) is 17.5 Å². The van der Waals surface area contributed by atoms with E-state index < -0.39 is 0 Å². The van der Waals surface area contributed by atoms with Gasteiger partial charge in [0.05, 0.1) is 23.1 Å². The molecular weight excluding hydrogens is 518 g/mol. The van der Waals surface area contributed by atoms with E-state index in [4.69, 9.17) is 0 Å². The summed E-state index contributed by atoms with van der Waals surface area (Å²) in [6.45, 7) is 4.09. The molecule has 1 saturated heterocycles. The molecule has 0 bridgehead atoms. The first-order valence-corrected chi connectivity index (χ1v) is 14.4. The van der Waals surface area contributed by atoms with Gasteiger partial charge >= 0.3 is 0 Å². The number of piperidine rings is 1. The molecule has 6 heterocycles. The van der Waals surface area contributed by atoms with Gasteiger partial charge in [-0.15, -0.1) is 11.3 Å². The number of aromatic nitrogens is 5. The molecule has 7 rings (SSSR count). The standard InChI is InChI=1S/C31H29N7OS/c1-18-2-5-28(40-18)23-8-11-34-31-24(23)15-27(36-31)30-25-14-20(3-4-26(25)37-38-30)21-13-22(17-33-16-21)35-29(39)12-19-6-9-32-10-7-19/h2-5,8,11,13-17,19,32H,6-7,9-10,12H2,1H3,(H,34,36)(H,35,39)(H,37,38). The molecule has 0 atom stereocenters. The third-order valence-electron chi connectivity index (χ3n) is 7.64. The Morgan fingerprint density at radius 3 is 2.77 bits per heavy atom. The van der Waals surface area contributed by atoms with Gasteiger partial charge in [0.2, 0.25) is 5.91 Å². The number of carbonyl (C=O) groups excluding carboxylic acids is 1. The van der Waals surface area contributed by atoms with Crippen LogP contribution in [-0.4, -0.2) is 44.1 Å². The van der Waals surface area contributed by atoms with Crippen LogP contribution >= 0.6 is 11.3 Å². The molecule has 200 valence electrons. The van der Waals surface area contributed by atoms with Gasteiger partial charge in [0.1, 0.15) is 11.3 Å². The van der Waals surface area contributed by atoms with Crippen LogP contribution in [0.1, 0.15) is 24.1 Å². The lowest BCUT2D eigenvalue weighted by atomic mass is 9.94. The van der Waals surface area contributed by atoms with Crippen LogP contribution in [0.25, 0.3) is 54.9 Å². The van der Waals surface area contributed by atoms with Crippen LogP contribution in [0.3, 0.4) is 0 Å². The molecule has 0 spiro atoms. The second kappa shape index (κ2) is 10.3. The SMILES string of the molecule is Cc1ccc(-c2ccnc3[nH]c(-c4n[nH]c5ccc(-c6cncc(NC(=O)CC7CCNCC7)c6)cc45)cc23)s1. The van der Waals surface area contributed by atoms with Crippen molar-refractivity contribution < 1.29 is 4.79 Å².